The standard InChI is InChI=1S/C24H31N3O3/c1-18-6-5-14-27(16-18)17-19-9-11-20(12-10-19)23(28)26-22-8-4-3-7-21(22)24(29)25-13-15-30-2/h3-4,7-12,18H,5-6,13-17H2,1-2H3,(H,25,29)(H,26,28). The molecular weight excluding hydrogens is 378 g/mol. The molecule has 3 rings (SSSR count). The van der Waals surface area contributed by atoms with E-state index in [1.54, 1.807) is 31.4 Å². The molecule has 6 nitrogen and oxygen atoms in total. The number of nitrogens with one attached hydrogen (secondary N) is 2. The van der Waals surface area contributed by atoms with Crippen LogP contribution in [-0.4, -0.2) is 50.1 Å². The fourth-order valence-corrected chi connectivity index (χ4v) is 3.80. The minimum atomic E-state index is -0.242. The smallest absolute Gasteiger partial charge is 0.255 e. The molecule has 0 spiro atoms. The Labute approximate surface area is 178 Å². The van der Waals surface area contributed by atoms with Gasteiger partial charge in [-0.15, -0.1) is 0 Å². The summed E-state index contributed by atoms with van der Waals surface area (Å²) in [5.74, 6) is 0.273. The van der Waals surface area contributed by atoms with Gasteiger partial charge in [0.15, 0.2) is 0 Å². The molecule has 2 amide bonds. The second-order valence-electron chi connectivity index (χ2n) is 7.93. The largest absolute Gasteiger partial charge is 0.383 e. The maximum atomic E-state index is 12.7. The quantitative estimate of drug-likeness (QED) is 0.654. The molecule has 0 radical (unpaired) electrons. The number of piperidine rings is 1. The van der Waals surface area contributed by atoms with Crippen molar-refractivity contribution in [3.8, 4) is 0 Å². The molecule has 1 saturated heterocycles. The van der Waals surface area contributed by atoms with E-state index >= 15 is 0 Å². The number of nitrogens with zero attached hydrogens (tertiary/aromatic N) is 1. The number of hydrogen-bond acceptors (Lipinski definition) is 4. The Kier molecular flexibility index (Phi) is 7.99. The summed E-state index contributed by atoms with van der Waals surface area (Å²) in [6.07, 6.45) is 2.56. The molecule has 30 heavy (non-hydrogen) atoms. The fourth-order valence-electron chi connectivity index (χ4n) is 3.80. The highest BCUT2D eigenvalue weighted by Crippen LogP contribution is 2.19. The van der Waals surface area contributed by atoms with Gasteiger partial charge in [-0.3, -0.25) is 14.5 Å². The summed E-state index contributed by atoms with van der Waals surface area (Å²) in [5, 5.41) is 5.65. The van der Waals surface area contributed by atoms with Crippen LogP contribution in [0.5, 0.6) is 0 Å². The molecule has 0 aromatic heterocycles. The van der Waals surface area contributed by atoms with Crippen molar-refractivity contribution in [1.82, 2.24) is 10.2 Å². The van der Waals surface area contributed by atoms with Crippen molar-refractivity contribution >= 4 is 17.5 Å². The van der Waals surface area contributed by atoms with Gasteiger partial charge in [-0.2, -0.15) is 0 Å². The van der Waals surface area contributed by atoms with E-state index in [1.807, 2.05) is 24.3 Å². The number of amides is 2. The van der Waals surface area contributed by atoms with Crippen molar-refractivity contribution in [2.75, 3.05) is 38.7 Å². The molecule has 2 aromatic carbocycles. The maximum Gasteiger partial charge on any atom is 0.255 e. The van der Waals surface area contributed by atoms with Gasteiger partial charge >= 0.3 is 0 Å². The van der Waals surface area contributed by atoms with Gasteiger partial charge in [0.2, 0.25) is 0 Å². The zero-order chi connectivity index (χ0) is 21.3. The molecule has 0 aliphatic carbocycles. The van der Waals surface area contributed by atoms with Crippen LogP contribution in [0.25, 0.3) is 0 Å². The first kappa shape index (κ1) is 22.0. The molecular formula is C24H31N3O3. The second kappa shape index (κ2) is 10.9. The molecule has 1 heterocycles. The number of carbonyl (C=O) groups excluding carboxylic acids is 2. The third-order valence-electron chi connectivity index (χ3n) is 5.38. The summed E-state index contributed by atoms with van der Waals surface area (Å²) < 4.78 is 4.96. The Bertz CT molecular complexity index is 851. The van der Waals surface area contributed by atoms with E-state index in [2.05, 4.69) is 22.5 Å². The van der Waals surface area contributed by atoms with E-state index in [1.165, 1.54) is 18.4 Å². The predicted octanol–water partition coefficient (Wildman–Crippen LogP) is 3.55. The van der Waals surface area contributed by atoms with Crippen molar-refractivity contribution in [3.63, 3.8) is 0 Å². The van der Waals surface area contributed by atoms with Crippen LogP contribution in [0.2, 0.25) is 0 Å². The number of carbonyl (C=O) groups is 2. The summed E-state index contributed by atoms with van der Waals surface area (Å²) in [5.41, 5.74) is 2.69. The van der Waals surface area contributed by atoms with Crippen molar-refractivity contribution in [2.45, 2.75) is 26.3 Å². The summed E-state index contributed by atoms with van der Waals surface area (Å²) in [7, 11) is 1.58. The number of rotatable bonds is 8. The Morgan fingerprint density at radius 3 is 2.60 bits per heavy atom. The number of likely N-dealkylation sites (tertiary alicyclic amines) is 1. The molecule has 2 aromatic rings. The van der Waals surface area contributed by atoms with Crippen LogP contribution in [-0.2, 0) is 11.3 Å². The third kappa shape index (κ3) is 6.15. The van der Waals surface area contributed by atoms with Crippen molar-refractivity contribution in [3.05, 3.63) is 65.2 Å². The van der Waals surface area contributed by atoms with Gasteiger partial charge in [0.1, 0.15) is 0 Å². The number of hydrogen-bond donors (Lipinski definition) is 2. The van der Waals surface area contributed by atoms with E-state index in [0.717, 1.165) is 25.6 Å². The zero-order valence-corrected chi connectivity index (χ0v) is 17.8. The van der Waals surface area contributed by atoms with Gasteiger partial charge in [0.05, 0.1) is 17.9 Å². The monoisotopic (exact) mass is 409 g/mol. The summed E-state index contributed by atoms with van der Waals surface area (Å²) in [6, 6.07) is 14.7. The van der Waals surface area contributed by atoms with Crippen LogP contribution < -0.4 is 10.6 Å². The molecule has 1 aliphatic heterocycles. The van der Waals surface area contributed by atoms with Crippen LogP contribution in [0.15, 0.2) is 48.5 Å². The van der Waals surface area contributed by atoms with Gasteiger partial charge in [-0.1, -0.05) is 31.2 Å². The minimum Gasteiger partial charge on any atom is -0.383 e. The lowest BCUT2D eigenvalue weighted by atomic mass is 9.99. The minimum absolute atomic E-state index is 0.231. The molecule has 6 heteroatoms. The summed E-state index contributed by atoms with van der Waals surface area (Å²) >= 11 is 0. The van der Waals surface area contributed by atoms with Crippen molar-refractivity contribution in [2.24, 2.45) is 5.92 Å². The molecule has 1 aliphatic rings. The lowest BCUT2D eigenvalue weighted by molar-refractivity contribution is 0.0938. The number of benzene rings is 2. The highest BCUT2D eigenvalue weighted by molar-refractivity contribution is 6.09. The first-order valence-electron chi connectivity index (χ1n) is 10.6. The van der Waals surface area contributed by atoms with Gasteiger partial charge in [0, 0.05) is 32.3 Å². The number of methoxy groups -OCH3 is 1. The van der Waals surface area contributed by atoms with Crippen LogP contribution in [0.1, 0.15) is 46.0 Å². The van der Waals surface area contributed by atoms with E-state index in [4.69, 9.17) is 4.74 Å². The molecule has 0 bridgehead atoms. The number of para-hydroxylation sites is 1. The predicted molar refractivity (Wildman–Crippen MR) is 119 cm³/mol. The summed E-state index contributed by atoms with van der Waals surface area (Å²) in [6.45, 7) is 6.32. The van der Waals surface area contributed by atoms with Crippen molar-refractivity contribution in [1.29, 1.82) is 0 Å². The lowest BCUT2D eigenvalue weighted by Gasteiger charge is -2.30. The van der Waals surface area contributed by atoms with E-state index in [-0.39, 0.29) is 11.8 Å². The first-order valence-corrected chi connectivity index (χ1v) is 10.6. The third-order valence-corrected chi connectivity index (χ3v) is 5.38. The van der Waals surface area contributed by atoms with Gasteiger partial charge in [0.25, 0.3) is 11.8 Å². The Morgan fingerprint density at radius 2 is 1.87 bits per heavy atom. The van der Waals surface area contributed by atoms with E-state index in [0.29, 0.717) is 30.0 Å². The molecule has 2 N–H and O–H groups in total. The normalized spacial score (nSPS) is 16.8. The number of ether oxygens (including phenoxy) is 1. The Balaban J connectivity index is 1.61. The average Bonchev–Trinajstić information content (AvgIpc) is 2.75. The Hall–Kier alpha value is -2.70. The highest BCUT2D eigenvalue weighted by Gasteiger charge is 2.17. The molecule has 1 atom stereocenters. The molecule has 160 valence electrons. The molecule has 1 unspecified atom stereocenters. The summed E-state index contributed by atoms with van der Waals surface area (Å²) in [4.78, 5) is 27.6. The van der Waals surface area contributed by atoms with Crippen LogP contribution in [0.3, 0.4) is 0 Å². The van der Waals surface area contributed by atoms with Crippen LogP contribution in [0, 0.1) is 5.92 Å². The maximum absolute atomic E-state index is 12.7. The van der Waals surface area contributed by atoms with Crippen LogP contribution in [0.4, 0.5) is 5.69 Å². The highest BCUT2D eigenvalue weighted by atomic mass is 16.5. The van der Waals surface area contributed by atoms with E-state index < -0.39 is 0 Å². The zero-order valence-electron chi connectivity index (χ0n) is 17.8. The number of anilines is 1. The van der Waals surface area contributed by atoms with Gasteiger partial charge in [-0.05, 0) is 55.1 Å². The second-order valence-corrected chi connectivity index (χ2v) is 7.93. The molecule has 0 saturated carbocycles. The Morgan fingerprint density at radius 1 is 1.10 bits per heavy atom. The molecule has 1 fully saturated rings. The fraction of sp³-hybridized carbons (Fsp3) is 0.417. The van der Waals surface area contributed by atoms with Gasteiger partial charge < -0.3 is 15.4 Å². The first-order chi connectivity index (χ1) is 14.6. The lowest BCUT2D eigenvalue weighted by Crippen LogP contribution is -2.33. The van der Waals surface area contributed by atoms with Crippen LogP contribution >= 0.6 is 0 Å². The average molecular weight is 410 g/mol. The SMILES string of the molecule is COCCNC(=O)c1ccccc1NC(=O)c1ccc(CN2CCCC(C)C2)cc1. The van der Waals surface area contributed by atoms with Gasteiger partial charge in [-0.25, -0.2) is 0 Å². The van der Waals surface area contributed by atoms with E-state index in [9.17, 15) is 9.59 Å². The topological polar surface area (TPSA) is 70.7 Å². The van der Waals surface area contributed by atoms with Crippen molar-refractivity contribution < 1.29 is 14.3 Å².